The molecule has 2 N–H and O–H groups in total. The Labute approximate surface area is 118 Å². The lowest BCUT2D eigenvalue weighted by Gasteiger charge is -2.08. The van der Waals surface area contributed by atoms with E-state index in [4.69, 9.17) is 9.47 Å². The summed E-state index contributed by atoms with van der Waals surface area (Å²) < 4.78 is 11.1. The largest absolute Gasteiger partial charge is 0.474 e. The molecular weight excluding hydrogens is 258 g/mol. The highest BCUT2D eigenvalue weighted by Gasteiger charge is 2.10. The topological polar surface area (TPSA) is 84.9 Å². The summed E-state index contributed by atoms with van der Waals surface area (Å²) in [5, 5.41) is 3.06. The van der Waals surface area contributed by atoms with E-state index in [1.807, 2.05) is 6.92 Å². The van der Waals surface area contributed by atoms with Gasteiger partial charge in [0.2, 0.25) is 11.8 Å². The number of nitrogens with zero attached hydrogens (tertiary/aromatic N) is 3. The molecule has 0 atom stereocenters. The SMILES string of the molecule is CCCCOCCOc1nc(NCC)nc2nc[nH]c12. The number of imidazole rings is 1. The van der Waals surface area contributed by atoms with E-state index in [1.165, 1.54) is 0 Å². The van der Waals surface area contributed by atoms with Gasteiger partial charge in [0.25, 0.3) is 0 Å². The van der Waals surface area contributed by atoms with Crippen LogP contribution in [0.5, 0.6) is 5.88 Å². The molecule has 7 heteroatoms. The van der Waals surface area contributed by atoms with Crippen LogP contribution in [-0.4, -0.2) is 46.3 Å². The van der Waals surface area contributed by atoms with Crippen LogP contribution in [0.2, 0.25) is 0 Å². The lowest BCUT2D eigenvalue weighted by atomic mass is 10.4. The summed E-state index contributed by atoms with van der Waals surface area (Å²) in [5.41, 5.74) is 1.30. The zero-order valence-corrected chi connectivity index (χ0v) is 12.0. The van der Waals surface area contributed by atoms with Crippen LogP contribution in [0, 0.1) is 0 Å². The third-order valence-corrected chi connectivity index (χ3v) is 2.70. The van der Waals surface area contributed by atoms with Gasteiger partial charge in [-0.15, -0.1) is 0 Å². The molecule has 0 amide bonds. The lowest BCUT2D eigenvalue weighted by molar-refractivity contribution is 0.0970. The third kappa shape index (κ3) is 3.80. The van der Waals surface area contributed by atoms with Gasteiger partial charge in [-0.2, -0.15) is 9.97 Å². The van der Waals surface area contributed by atoms with Gasteiger partial charge in [-0.25, -0.2) is 4.98 Å². The molecule has 2 rings (SSSR count). The van der Waals surface area contributed by atoms with E-state index in [0.29, 0.717) is 36.2 Å². The Morgan fingerprint density at radius 2 is 2.10 bits per heavy atom. The van der Waals surface area contributed by atoms with E-state index < -0.39 is 0 Å². The van der Waals surface area contributed by atoms with Crippen molar-refractivity contribution in [2.24, 2.45) is 0 Å². The quantitative estimate of drug-likeness (QED) is 0.683. The summed E-state index contributed by atoms with van der Waals surface area (Å²) in [6, 6.07) is 0. The molecule has 2 heterocycles. The monoisotopic (exact) mass is 279 g/mol. The molecule has 0 aliphatic heterocycles. The molecule has 0 aliphatic rings. The van der Waals surface area contributed by atoms with E-state index in [-0.39, 0.29) is 0 Å². The molecule has 0 saturated carbocycles. The van der Waals surface area contributed by atoms with Gasteiger partial charge in [-0.3, -0.25) is 0 Å². The number of rotatable bonds is 9. The van der Waals surface area contributed by atoms with E-state index >= 15 is 0 Å². The van der Waals surface area contributed by atoms with Crippen molar-refractivity contribution in [3.63, 3.8) is 0 Å². The fraction of sp³-hybridized carbons (Fsp3) is 0.615. The minimum Gasteiger partial charge on any atom is -0.474 e. The van der Waals surface area contributed by atoms with E-state index in [1.54, 1.807) is 6.33 Å². The summed E-state index contributed by atoms with van der Waals surface area (Å²) in [4.78, 5) is 15.7. The van der Waals surface area contributed by atoms with Crippen LogP contribution in [-0.2, 0) is 4.74 Å². The van der Waals surface area contributed by atoms with Gasteiger partial charge in [-0.05, 0) is 13.3 Å². The molecule has 0 aliphatic carbocycles. The van der Waals surface area contributed by atoms with Crippen LogP contribution in [0.15, 0.2) is 6.33 Å². The second-order valence-corrected chi connectivity index (χ2v) is 4.30. The van der Waals surface area contributed by atoms with Crippen molar-refractivity contribution < 1.29 is 9.47 Å². The molecule has 7 nitrogen and oxygen atoms in total. The first-order valence-electron chi connectivity index (χ1n) is 7.00. The minimum absolute atomic E-state index is 0.459. The zero-order chi connectivity index (χ0) is 14.2. The summed E-state index contributed by atoms with van der Waals surface area (Å²) in [6.45, 7) is 6.65. The van der Waals surface area contributed by atoms with E-state index in [2.05, 4.69) is 32.2 Å². The molecule has 0 spiro atoms. The third-order valence-electron chi connectivity index (χ3n) is 2.70. The number of fused-ring (bicyclic) bond motifs is 1. The number of ether oxygens (including phenoxy) is 2. The van der Waals surface area contributed by atoms with Gasteiger partial charge in [-0.1, -0.05) is 13.3 Å². The molecule has 0 radical (unpaired) electrons. The summed E-state index contributed by atoms with van der Waals surface area (Å²) in [5.74, 6) is 1.02. The van der Waals surface area contributed by atoms with Crippen LogP contribution in [0.3, 0.4) is 0 Å². The Morgan fingerprint density at radius 1 is 1.20 bits per heavy atom. The summed E-state index contributed by atoms with van der Waals surface area (Å²) in [6.07, 6.45) is 3.79. The predicted octanol–water partition coefficient (Wildman–Crippen LogP) is 1.98. The van der Waals surface area contributed by atoms with Crippen molar-refractivity contribution in [1.29, 1.82) is 0 Å². The normalized spacial score (nSPS) is 10.9. The average molecular weight is 279 g/mol. The Hall–Kier alpha value is -1.89. The summed E-state index contributed by atoms with van der Waals surface area (Å²) in [7, 11) is 0. The Morgan fingerprint density at radius 3 is 2.90 bits per heavy atom. The number of unbranched alkanes of at least 4 members (excludes halogenated alkanes) is 1. The smallest absolute Gasteiger partial charge is 0.245 e. The fourth-order valence-electron chi connectivity index (χ4n) is 1.69. The van der Waals surface area contributed by atoms with Gasteiger partial charge >= 0.3 is 0 Å². The maximum absolute atomic E-state index is 5.66. The Balaban J connectivity index is 1.95. The van der Waals surface area contributed by atoms with Gasteiger partial charge in [0.05, 0.1) is 12.9 Å². The first-order valence-corrected chi connectivity index (χ1v) is 7.00. The van der Waals surface area contributed by atoms with Gasteiger partial charge < -0.3 is 19.8 Å². The second kappa shape index (κ2) is 7.64. The lowest BCUT2D eigenvalue weighted by Crippen LogP contribution is -2.10. The zero-order valence-electron chi connectivity index (χ0n) is 12.0. The number of nitrogens with one attached hydrogen (secondary N) is 2. The van der Waals surface area contributed by atoms with Crippen LogP contribution >= 0.6 is 0 Å². The fourth-order valence-corrected chi connectivity index (χ4v) is 1.69. The van der Waals surface area contributed by atoms with Crippen molar-refractivity contribution in [2.75, 3.05) is 31.7 Å². The molecular formula is C13H21N5O2. The molecule has 0 fully saturated rings. The number of aromatic nitrogens is 4. The highest BCUT2D eigenvalue weighted by atomic mass is 16.5. The molecule has 0 bridgehead atoms. The molecule has 2 aromatic rings. The summed E-state index contributed by atoms with van der Waals surface area (Å²) >= 11 is 0. The first-order chi connectivity index (χ1) is 9.85. The second-order valence-electron chi connectivity index (χ2n) is 4.30. The highest BCUT2D eigenvalue weighted by molar-refractivity contribution is 5.76. The van der Waals surface area contributed by atoms with Crippen molar-refractivity contribution in [3.05, 3.63) is 6.33 Å². The highest BCUT2D eigenvalue weighted by Crippen LogP contribution is 2.20. The number of hydrogen-bond donors (Lipinski definition) is 2. The van der Waals surface area contributed by atoms with Crippen molar-refractivity contribution in [1.82, 2.24) is 19.9 Å². The van der Waals surface area contributed by atoms with Crippen LogP contribution in [0.4, 0.5) is 5.95 Å². The van der Waals surface area contributed by atoms with Crippen molar-refractivity contribution in [3.8, 4) is 5.88 Å². The van der Waals surface area contributed by atoms with Gasteiger partial charge in [0.1, 0.15) is 12.1 Å². The standard InChI is InChI=1S/C13H21N5O2/c1-3-5-6-19-7-8-20-12-10-11(16-9-15-10)17-13(18-12)14-4-2/h9H,3-8H2,1-2H3,(H2,14,15,16,17,18). The molecule has 0 unspecified atom stereocenters. The maximum Gasteiger partial charge on any atom is 0.245 e. The molecule has 0 saturated heterocycles. The molecule has 110 valence electrons. The van der Waals surface area contributed by atoms with Crippen molar-refractivity contribution in [2.45, 2.75) is 26.7 Å². The number of anilines is 1. The number of H-pyrrole nitrogens is 1. The molecule has 20 heavy (non-hydrogen) atoms. The first kappa shape index (κ1) is 14.5. The molecule has 0 aromatic carbocycles. The average Bonchev–Trinajstić information content (AvgIpc) is 2.91. The predicted molar refractivity (Wildman–Crippen MR) is 77.1 cm³/mol. The van der Waals surface area contributed by atoms with Crippen LogP contribution in [0.1, 0.15) is 26.7 Å². The van der Waals surface area contributed by atoms with Gasteiger partial charge in [0, 0.05) is 13.2 Å². The van der Waals surface area contributed by atoms with Crippen LogP contribution in [0.25, 0.3) is 11.2 Å². The van der Waals surface area contributed by atoms with Gasteiger partial charge in [0.15, 0.2) is 5.65 Å². The Kier molecular flexibility index (Phi) is 5.55. The number of aromatic amines is 1. The van der Waals surface area contributed by atoms with E-state index in [0.717, 1.165) is 26.0 Å². The Bertz CT molecular complexity index is 528. The number of hydrogen-bond acceptors (Lipinski definition) is 6. The van der Waals surface area contributed by atoms with Crippen LogP contribution < -0.4 is 10.1 Å². The minimum atomic E-state index is 0.459. The van der Waals surface area contributed by atoms with Crippen molar-refractivity contribution >= 4 is 17.1 Å². The molecule has 2 aromatic heterocycles. The maximum atomic E-state index is 5.66. The van der Waals surface area contributed by atoms with E-state index in [9.17, 15) is 0 Å².